The number of likely N-dealkylation sites (tertiary alicyclic amines) is 1. The van der Waals surface area contributed by atoms with Crippen LogP contribution in [0.25, 0.3) is 0 Å². The van der Waals surface area contributed by atoms with E-state index >= 15 is 0 Å². The van der Waals surface area contributed by atoms with Crippen LogP contribution in [0.3, 0.4) is 0 Å². The van der Waals surface area contributed by atoms with Crippen LogP contribution in [0.4, 0.5) is 0 Å². The van der Waals surface area contributed by atoms with Gasteiger partial charge in [0, 0.05) is 13.6 Å². The van der Waals surface area contributed by atoms with E-state index in [4.69, 9.17) is 0 Å². The first-order valence-corrected chi connectivity index (χ1v) is 4.63. The second-order valence-corrected chi connectivity index (χ2v) is 4.22. The first-order valence-electron chi connectivity index (χ1n) is 3.41. The van der Waals surface area contributed by atoms with Gasteiger partial charge >= 0.3 is 0 Å². The molecule has 0 N–H and O–H groups in total. The largest absolute Gasteiger partial charge is 0.344 e. The molecule has 1 unspecified atom stereocenters. The lowest BCUT2D eigenvalue weighted by atomic mass is 10.1. The number of amides is 1. The molecule has 0 aromatic rings. The Morgan fingerprint density at radius 1 is 1.70 bits per heavy atom. The molecule has 1 atom stereocenters. The Morgan fingerprint density at radius 3 is 2.50 bits per heavy atom. The lowest BCUT2D eigenvalue weighted by molar-refractivity contribution is -0.128. The van der Waals surface area contributed by atoms with Crippen LogP contribution < -0.4 is 0 Å². The molecule has 1 saturated heterocycles. The van der Waals surface area contributed by atoms with Gasteiger partial charge in [-0.05, 0) is 19.6 Å². The van der Waals surface area contributed by atoms with Gasteiger partial charge in [-0.3, -0.25) is 4.79 Å². The fourth-order valence-corrected chi connectivity index (χ4v) is 1.81. The topological polar surface area (TPSA) is 20.3 Å². The Morgan fingerprint density at radius 2 is 2.30 bits per heavy atom. The van der Waals surface area contributed by atoms with Crippen LogP contribution in [-0.2, 0) is 4.79 Å². The molecule has 1 aliphatic heterocycles. The molecule has 0 spiro atoms. The Balaban J connectivity index is 2.73. The quantitative estimate of drug-likeness (QED) is 0.568. The molecule has 1 rings (SSSR count). The first kappa shape index (κ1) is 7.92. The van der Waals surface area contributed by atoms with E-state index in [2.05, 4.69) is 0 Å². The highest BCUT2D eigenvalue weighted by atomic mass is 32.2. The number of nitrogens with zero attached hydrogens (tertiary/aromatic N) is 1. The molecule has 2 nitrogen and oxygen atoms in total. The molecular formula is C7H13NOS. The highest BCUT2D eigenvalue weighted by molar-refractivity contribution is 8.00. The van der Waals surface area contributed by atoms with Gasteiger partial charge in [-0.2, -0.15) is 0 Å². The summed E-state index contributed by atoms with van der Waals surface area (Å²) >= 11 is 1.66. The second kappa shape index (κ2) is 2.46. The Kier molecular flexibility index (Phi) is 1.95. The molecule has 1 aliphatic rings. The molecule has 0 bridgehead atoms. The minimum absolute atomic E-state index is 0.130. The summed E-state index contributed by atoms with van der Waals surface area (Å²) in [5.41, 5.74) is 0. The van der Waals surface area contributed by atoms with Crippen LogP contribution in [-0.4, -0.2) is 35.4 Å². The fraction of sp³-hybridized carbons (Fsp3) is 0.857. The van der Waals surface area contributed by atoms with Crippen LogP contribution in [0.15, 0.2) is 0 Å². The van der Waals surface area contributed by atoms with Crippen molar-refractivity contribution in [3.63, 3.8) is 0 Å². The lowest BCUT2D eigenvalue weighted by Gasteiger charge is -2.18. The molecule has 58 valence electrons. The van der Waals surface area contributed by atoms with Crippen molar-refractivity contribution in [3.05, 3.63) is 0 Å². The Hall–Kier alpha value is -0.180. The molecule has 0 radical (unpaired) electrons. The fourth-order valence-electron chi connectivity index (χ4n) is 1.18. The van der Waals surface area contributed by atoms with Gasteiger partial charge in [0.2, 0.25) is 5.91 Å². The predicted molar refractivity (Wildman–Crippen MR) is 44.2 cm³/mol. The summed E-state index contributed by atoms with van der Waals surface area (Å²) in [5.74, 6) is 0.278. The number of hydrogen-bond donors (Lipinski definition) is 0. The molecule has 3 heteroatoms. The summed E-state index contributed by atoms with van der Waals surface area (Å²) in [6.07, 6.45) is 2.99. The minimum Gasteiger partial charge on any atom is -0.344 e. The molecule has 0 aliphatic carbocycles. The number of rotatable bonds is 1. The zero-order valence-corrected chi connectivity index (χ0v) is 7.49. The SMILES string of the molecule is CSC1(C)CCN(C)C1=O. The Bertz CT molecular complexity index is 160. The van der Waals surface area contributed by atoms with Gasteiger partial charge < -0.3 is 4.90 Å². The molecule has 1 heterocycles. The van der Waals surface area contributed by atoms with E-state index in [1.807, 2.05) is 20.2 Å². The van der Waals surface area contributed by atoms with Crippen molar-refractivity contribution in [2.45, 2.75) is 18.1 Å². The smallest absolute Gasteiger partial charge is 0.238 e. The van der Waals surface area contributed by atoms with E-state index < -0.39 is 0 Å². The van der Waals surface area contributed by atoms with Crippen LogP contribution in [0.1, 0.15) is 13.3 Å². The molecule has 1 fully saturated rings. The normalized spacial score (nSPS) is 33.5. The zero-order valence-electron chi connectivity index (χ0n) is 6.68. The zero-order chi connectivity index (χ0) is 7.78. The van der Waals surface area contributed by atoms with Gasteiger partial charge in [0.25, 0.3) is 0 Å². The van der Waals surface area contributed by atoms with Crippen molar-refractivity contribution in [1.29, 1.82) is 0 Å². The third-order valence-electron chi connectivity index (χ3n) is 2.17. The minimum atomic E-state index is -0.130. The predicted octanol–water partition coefficient (Wildman–Crippen LogP) is 0.970. The van der Waals surface area contributed by atoms with E-state index in [-0.39, 0.29) is 10.7 Å². The van der Waals surface area contributed by atoms with Gasteiger partial charge in [-0.1, -0.05) is 0 Å². The van der Waals surface area contributed by atoms with E-state index in [1.54, 1.807) is 16.7 Å². The lowest BCUT2D eigenvalue weighted by Crippen LogP contribution is -2.32. The summed E-state index contributed by atoms with van der Waals surface area (Å²) in [5, 5.41) is 0. The maximum Gasteiger partial charge on any atom is 0.238 e. The van der Waals surface area contributed by atoms with E-state index in [0.717, 1.165) is 13.0 Å². The molecule has 0 saturated carbocycles. The number of carbonyl (C=O) groups excluding carboxylic acids is 1. The standard InChI is InChI=1S/C7H13NOS/c1-7(10-3)4-5-8(2)6(7)9/h4-5H2,1-3H3. The first-order chi connectivity index (χ1) is 4.60. The summed E-state index contributed by atoms with van der Waals surface area (Å²) in [6.45, 7) is 2.93. The molecule has 1 amide bonds. The van der Waals surface area contributed by atoms with Crippen molar-refractivity contribution >= 4 is 17.7 Å². The van der Waals surface area contributed by atoms with Gasteiger partial charge in [-0.25, -0.2) is 0 Å². The average Bonchev–Trinajstić information content (AvgIpc) is 2.19. The van der Waals surface area contributed by atoms with Crippen molar-refractivity contribution in [1.82, 2.24) is 4.90 Å². The van der Waals surface area contributed by atoms with Crippen LogP contribution in [0.5, 0.6) is 0 Å². The number of carbonyl (C=O) groups is 1. The van der Waals surface area contributed by atoms with Crippen LogP contribution in [0.2, 0.25) is 0 Å². The number of thioether (sulfide) groups is 1. The van der Waals surface area contributed by atoms with Gasteiger partial charge in [-0.15, -0.1) is 11.8 Å². The summed E-state index contributed by atoms with van der Waals surface area (Å²) in [4.78, 5) is 13.2. The van der Waals surface area contributed by atoms with Gasteiger partial charge in [0.15, 0.2) is 0 Å². The maximum atomic E-state index is 11.4. The highest BCUT2D eigenvalue weighted by Crippen LogP contribution is 2.33. The third-order valence-corrected chi connectivity index (χ3v) is 3.45. The van der Waals surface area contributed by atoms with E-state index in [9.17, 15) is 4.79 Å². The van der Waals surface area contributed by atoms with Gasteiger partial charge in [0.1, 0.15) is 0 Å². The van der Waals surface area contributed by atoms with Crippen molar-refractivity contribution in [3.8, 4) is 0 Å². The molecule has 0 aromatic heterocycles. The maximum absolute atomic E-state index is 11.4. The molecule has 10 heavy (non-hydrogen) atoms. The Labute approximate surface area is 66.0 Å². The van der Waals surface area contributed by atoms with E-state index in [0.29, 0.717) is 0 Å². The highest BCUT2D eigenvalue weighted by Gasteiger charge is 2.40. The average molecular weight is 159 g/mol. The number of hydrogen-bond acceptors (Lipinski definition) is 2. The summed E-state index contributed by atoms with van der Waals surface area (Å²) in [7, 11) is 1.86. The van der Waals surface area contributed by atoms with Crippen molar-refractivity contribution in [2.24, 2.45) is 0 Å². The van der Waals surface area contributed by atoms with Crippen LogP contribution >= 0.6 is 11.8 Å². The van der Waals surface area contributed by atoms with E-state index in [1.165, 1.54) is 0 Å². The molecule has 0 aromatic carbocycles. The third kappa shape index (κ3) is 1.03. The van der Waals surface area contributed by atoms with Crippen molar-refractivity contribution < 1.29 is 4.79 Å². The summed E-state index contributed by atoms with van der Waals surface area (Å²) in [6, 6.07) is 0. The second-order valence-electron chi connectivity index (χ2n) is 2.91. The molecular weight excluding hydrogens is 146 g/mol. The van der Waals surface area contributed by atoms with Crippen molar-refractivity contribution in [2.75, 3.05) is 19.8 Å². The monoisotopic (exact) mass is 159 g/mol. The van der Waals surface area contributed by atoms with Gasteiger partial charge in [0.05, 0.1) is 4.75 Å². The summed E-state index contributed by atoms with van der Waals surface area (Å²) < 4.78 is -0.130. The van der Waals surface area contributed by atoms with Crippen LogP contribution in [0, 0.1) is 0 Å².